The molecule has 122 valence electrons. The molecule has 0 aliphatic heterocycles. The quantitative estimate of drug-likeness (QED) is 0.646. The maximum absolute atomic E-state index is 11.8. The number of nitrogens with one attached hydrogen (secondary N) is 2. The molecule has 0 bridgehead atoms. The van der Waals surface area contributed by atoms with E-state index in [0.717, 1.165) is 5.57 Å². The van der Waals surface area contributed by atoms with Crippen LogP contribution in [0, 0.1) is 5.92 Å². The highest BCUT2D eigenvalue weighted by Crippen LogP contribution is 2.17. The number of amides is 2. The molecule has 1 rings (SSSR count). The second-order valence-corrected chi connectivity index (χ2v) is 5.80. The van der Waals surface area contributed by atoms with Gasteiger partial charge in [-0.05, 0) is 43.9 Å². The summed E-state index contributed by atoms with van der Waals surface area (Å²) in [6.07, 6.45) is 0.298. The highest BCUT2D eigenvalue weighted by Gasteiger charge is 2.08. The van der Waals surface area contributed by atoms with E-state index in [-0.39, 0.29) is 18.1 Å². The maximum Gasteiger partial charge on any atom is 0.319 e. The number of carbonyl (C=O) groups is 1. The fraction of sp³-hybridized carbons (Fsp3) is 0.471. The highest BCUT2D eigenvalue weighted by atomic mass is 16.5. The first-order chi connectivity index (χ1) is 10.4. The Labute approximate surface area is 132 Å². The lowest BCUT2D eigenvalue weighted by Crippen LogP contribution is -2.33. The summed E-state index contributed by atoms with van der Waals surface area (Å²) in [5, 5.41) is 14.8. The van der Waals surface area contributed by atoms with Crippen molar-refractivity contribution >= 4 is 11.7 Å². The Kier molecular flexibility index (Phi) is 7.46. The first-order valence-electron chi connectivity index (χ1n) is 7.47. The molecular formula is C17H26N2O3. The van der Waals surface area contributed by atoms with E-state index < -0.39 is 0 Å². The van der Waals surface area contributed by atoms with Crippen LogP contribution >= 0.6 is 0 Å². The molecule has 0 heterocycles. The largest absolute Gasteiger partial charge is 0.489 e. The van der Waals surface area contributed by atoms with E-state index in [2.05, 4.69) is 17.2 Å². The molecule has 0 radical (unpaired) electrons. The second kappa shape index (κ2) is 9.10. The van der Waals surface area contributed by atoms with Gasteiger partial charge in [-0.2, -0.15) is 0 Å². The van der Waals surface area contributed by atoms with Gasteiger partial charge >= 0.3 is 6.03 Å². The molecule has 5 heteroatoms. The second-order valence-electron chi connectivity index (χ2n) is 5.80. The number of ether oxygens (including phenoxy) is 1. The zero-order chi connectivity index (χ0) is 16.5. The van der Waals surface area contributed by atoms with Crippen molar-refractivity contribution in [3.63, 3.8) is 0 Å². The van der Waals surface area contributed by atoms with Crippen molar-refractivity contribution in [1.82, 2.24) is 5.32 Å². The summed E-state index contributed by atoms with van der Waals surface area (Å²) in [6, 6.07) is 6.94. The number of rotatable bonds is 8. The third-order valence-electron chi connectivity index (χ3n) is 2.93. The van der Waals surface area contributed by atoms with Crippen LogP contribution in [0.2, 0.25) is 0 Å². The molecule has 2 amide bonds. The fourth-order valence-electron chi connectivity index (χ4n) is 1.98. The van der Waals surface area contributed by atoms with Crippen LogP contribution in [0.1, 0.15) is 27.2 Å². The summed E-state index contributed by atoms with van der Waals surface area (Å²) in [6.45, 7) is 10.4. The lowest BCUT2D eigenvalue weighted by Gasteiger charge is -2.15. The molecule has 0 fully saturated rings. The van der Waals surface area contributed by atoms with E-state index in [9.17, 15) is 9.90 Å². The van der Waals surface area contributed by atoms with Crippen molar-refractivity contribution in [3.05, 3.63) is 36.4 Å². The molecule has 2 unspecified atom stereocenters. The number of aliphatic hydroxyl groups excluding tert-OH is 1. The molecule has 0 saturated heterocycles. The van der Waals surface area contributed by atoms with Gasteiger partial charge in [0, 0.05) is 18.3 Å². The first-order valence-corrected chi connectivity index (χ1v) is 7.47. The number of carbonyl (C=O) groups excluding carboxylic acids is 1. The Morgan fingerprint density at radius 1 is 1.41 bits per heavy atom. The minimum absolute atomic E-state index is 0.219. The van der Waals surface area contributed by atoms with Crippen LogP contribution in [0.15, 0.2) is 36.4 Å². The molecule has 3 N–H and O–H groups in total. The summed E-state index contributed by atoms with van der Waals surface area (Å²) in [5.74, 6) is 0.902. The molecule has 0 aliphatic rings. The molecule has 1 aromatic carbocycles. The maximum atomic E-state index is 11.8. The number of hydrogen-bond acceptors (Lipinski definition) is 3. The smallest absolute Gasteiger partial charge is 0.319 e. The van der Waals surface area contributed by atoms with Gasteiger partial charge in [0.1, 0.15) is 12.4 Å². The van der Waals surface area contributed by atoms with E-state index in [1.165, 1.54) is 0 Å². The van der Waals surface area contributed by atoms with Crippen LogP contribution in [0.25, 0.3) is 0 Å². The fourth-order valence-corrected chi connectivity index (χ4v) is 1.98. The molecular weight excluding hydrogens is 280 g/mol. The Bertz CT molecular complexity index is 500. The lowest BCUT2D eigenvalue weighted by atomic mass is 10.1. The normalized spacial score (nSPS) is 13.1. The van der Waals surface area contributed by atoms with Gasteiger partial charge in [0.15, 0.2) is 0 Å². The molecule has 0 aliphatic carbocycles. The van der Waals surface area contributed by atoms with Gasteiger partial charge in [-0.15, -0.1) is 0 Å². The Morgan fingerprint density at radius 2 is 2.14 bits per heavy atom. The standard InChI is InChI=1S/C17H26N2O3/c1-12(2)11-22-16-7-5-6-15(9-16)19-17(21)18-10-13(3)8-14(4)20/h5-7,9,13-14,20H,1,8,10-11H2,2-4H3,(H2,18,19,21). The van der Waals surface area contributed by atoms with E-state index >= 15 is 0 Å². The minimum atomic E-state index is -0.359. The van der Waals surface area contributed by atoms with E-state index in [1.54, 1.807) is 19.1 Å². The summed E-state index contributed by atoms with van der Waals surface area (Å²) >= 11 is 0. The first kappa shape index (κ1) is 18.0. The Morgan fingerprint density at radius 3 is 2.77 bits per heavy atom. The van der Waals surface area contributed by atoms with Crippen molar-refractivity contribution in [2.75, 3.05) is 18.5 Å². The molecule has 0 saturated carbocycles. The Balaban J connectivity index is 2.43. The zero-order valence-corrected chi connectivity index (χ0v) is 13.6. The van der Waals surface area contributed by atoms with Crippen molar-refractivity contribution in [2.24, 2.45) is 5.92 Å². The van der Waals surface area contributed by atoms with Crippen molar-refractivity contribution in [3.8, 4) is 5.75 Å². The summed E-state index contributed by atoms with van der Waals surface area (Å²) in [7, 11) is 0. The number of aliphatic hydroxyl groups is 1. The van der Waals surface area contributed by atoms with Crippen LogP contribution in [-0.4, -0.2) is 30.4 Å². The van der Waals surface area contributed by atoms with Gasteiger partial charge in [0.2, 0.25) is 0 Å². The predicted octanol–water partition coefficient (Wildman–Crippen LogP) is 3.17. The van der Waals surface area contributed by atoms with Gasteiger partial charge in [-0.25, -0.2) is 4.79 Å². The number of benzene rings is 1. The topological polar surface area (TPSA) is 70.6 Å². The van der Waals surface area contributed by atoms with Crippen LogP contribution < -0.4 is 15.4 Å². The SMILES string of the molecule is C=C(C)COc1cccc(NC(=O)NCC(C)CC(C)O)c1. The van der Waals surface area contributed by atoms with Crippen molar-refractivity contribution < 1.29 is 14.6 Å². The van der Waals surface area contributed by atoms with Crippen LogP contribution in [0.3, 0.4) is 0 Å². The summed E-state index contributed by atoms with van der Waals surface area (Å²) in [4.78, 5) is 11.8. The van der Waals surface area contributed by atoms with E-state index in [4.69, 9.17) is 4.74 Å². The van der Waals surface area contributed by atoms with Gasteiger partial charge in [0.05, 0.1) is 6.10 Å². The molecule has 2 atom stereocenters. The monoisotopic (exact) mass is 306 g/mol. The average Bonchev–Trinajstić information content (AvgIpc) is 2.43. The number of anilines is 1. The lowest BCUT2D eigenvalue weighted by molar-refractivity contribution is 0.163. The molecule has 22 heavy (non-hydrogen) atoms. The van der Waals surface area contributed by atoms with Crippen LogP contribution in [-0.2, 0) is 0 Å². The van der Waals surface area contributed by atoms with Gasteiger partial charge in [0.25, 0.3) is 0 Å². The minimum Gasteiger partial charge on any atom is -0.489 e. The molecule has 5 nitrogen and oxygen atoms in total. The molecule has 0 spiro atoms. The predicted molar refractivity (Wildman–Crippen MR) is 89.2 cm³/mol. The third kappa shape index (κ3) is 7.69. The highest BCUT2D eigenvalue weighted by molar-refractivity contribution is 5.89. The van der Waals surface area contributed by atoms with Gasteiger partial charge in [-0.1, -0.05) is 19.6 Å². The number of hydrogen-bond donors (Lipinski definition) is 3. The molecule has 0 aromatic heterocycles. The van der Waals surface area contributed by atoms with Crippen molar-refractivity contribution in [1.29, 1.82) is 0 Å². The van der Waals surface area contributed by atoms with Gasteiger partial charge in [-0.3, -0.25) is 0 Å². The third-order valence-corrected chi connectivity index (χ3v) is 2.93. The van der Waals surface area contributed by atoms with Gasteiger partial charge < -0.3 is 20.5 Å². The van der Waals surface area contributed by atoms with Crippen LogP contribution in [0.4, 0.5) is 10.5 Å². The van der Waals surface area contributed by atoms with E-state index in [0.29, 0.717) is 31.0 Å². The zero-order valence-electron chi connectivity index (χ0n) is 13.6. The number of urea groups is 1. The van der Waals surface area contributed by atoms with E-state index in [1.807, 2.05) is 26.0 Å². The summed E-state index contributed by atoms with van der Waals surface area (Å²) < 4.78 is 5.53. The summed E-state index contributed by atoms with van der Waals surface area (Å²) in [5.41, 5.74) is 1.60. The van der Waals surface area contributed by atoms with Crippen LogP contribution in [0.5, 0.6) is 5.75 Å². The molecule has 1 aromatic rings. The Hall–Kier alpha value is -2.01. The van der Waals surface area contributed by atoms with Crippen molar-refractivity contribution in [2.45, 2.75) is 33.3 Å². The average molecular weight is 306 g/mol.